The number of carbonyl (C=O) groups excluding carboxylic acids is 1. The van der Waals surface area contributed by atoms with Crippen LogP contribution in [0.5, 0.6) is 0 Å². The van der Waals surface area contributed by atoms with Gasteiger partial charge in [0.25, 0.3) is 0 Å². The van der Waals surface area contributed by atoms with Gasteiger partial charge < -0.3 is 20.9 Å². The Morgan fingerprint density at radius 1 is 1.47 bits per heavy atom. The van der Waals surface area contributed by atoms with E-state index < -0.39 is 6.09 Å². The molecule has 4 N–H and O–H groups in total. The van der Waals surface area contributed by atoms with Crippen molar-refractivity contribution < 1.29 is 14.6 Å². The molecule has 0 aromatic heterocycles. The molecule has 0 bridgehead atoms. The van der Waals surface area contributed by atoms with E-state index in [2.05, 4.69) is 5.32 Å². The van der Waals surface area contributed by atoms with Crippen LogP contribution in [0.2, 0.25) is 0 Å². The number of nitrogens with two attached hydrogens (primary N) is 1. The van der Waals surface area contributed by atoms with E-state index in [1.165, 1.54) is 0 Å². The van der Waals surface area contributed by atoms with E-state index in [1.807, 2.05) is 6.92 Å². The summed E-state index contributed by atoms with van der Waals surface area (Å²) in [5, 5.41) is 11.1. The Hall–Kier alpha value is -0.810. The quantitative estimate of drug-likeness (QED) is 0.521. The zero-order valence-electron chi connectivity index (χ0n) is 9.37. The first kappa shape index (κ1) is 14.2. The summed E-state index contributed by atoms with van der Waals surface area (Å²) in [6.07, 6.45) is 2.97. The molecule has 0 aromatic rings. The number of unbranched alkanes of at least 4 members (excludes halogenated alkanes) is 1. The summed E-state index contributed by atoms with van der Waals surface area (Å²) in [7, 11) is 0. The van der Waals surface area contributed by atoms with Gasteiger partial charge in [0.05, 0.1) is 6.61 Å². The second kappa shape index (κ2) is 9.73. The van der Waals surface area contributed by atoms with Gasteiger partial charge in [-0.25, -0.2) is 4.79 Å². The predicted octanol–water partition coefficient (Wildman–Crippen LogP) is 0.612. The monoisotopic (exact) mass is 218 g/mol. The molecule has 0 rings (SSSR count). The first-order chi connectivity index (χ1) is 7.16. The molecule has 15 heavy (non-hydrogen) atoms. The lowest BCUT2D eigenvalue weighted by Gasteiger charge is -2.07. The topological polar surface area (TPSA) is 84.6 Å². The Balaban J connectivity index is 3.17. The summed E-state index contributed by atoms with van der Waals surface area (Å²) >= 11 is 0. The summed E-state index contributed by atoms with van der Waals surface area (Å²) < 4.78 is 4.78. The SMILES string of the molecule is C[C@@H](N)CCCCNC(=O)OCCCO. The van der Waals surface area contributed by atoms with E-state index in [0.717, 1.165) is 19.3 Å². The molecule has 0 aliphatic rings. The lowest BCUT2D eigenvalue weighted by molar-refractivity contribution is 0.135. The molecule has 0 aliphatic heterocycles. The third-order valence-corrected chi connectivity index (χ3v) is 1.89. The minimum atomic E-state index is -0.413. The average molecular weight is 218 g/mol. The van der Waals surface area contributed by atoms with Crippen molar-refractivity contribution in [1.29, 1.82) is 0 Å². The van der Waals surface area contributed by atoms with Crippen LogP contribution in [0.25, 0.3) is 0 Å². The number of aliphatic hydroxyl groups is 1. The highest BCUT2D eigenvalue weighted by atomic mass is 16.5. The zero-order chi connectivity index (χ0) is 11.5. The zero-order valence-corrected chi connectivity index (χ0v) is 9.37. The third-order valence-electron chi connectivity index (χ3n) is 1.89. The van der Waals surface area contributed by atoms with Gasteiger partial charge in [0, 0.05) is 25.6 Å². The molecule has 1 atom stereocenters. The van der Waals surface area contributed by atoms with Crippen LogP contribution < -0.4 is 11.1 Å². The highest BCUT2D eigenvalue weighted by molar-refractivity contribution is 5.66. The van der Waals surface area contributed by atoms with E-state index >= 15 is 0 Å². The first-order valence-electron chi connectivity index (χ1n) is 5.44. The molecule has 0 radical (unpaired) electrons. The molecule has 0 saturated heterocycles. The van der Waals surface area contributed by atoms with Crippen molar-refractivity contribution in [3.63, 3.8) is 0 Å². The average Bonchev–Trinajstić information content (AvgIpc) is 2.17. The molecule has 5 heteroatoms. The normalized spacial score (nSPS) is 12.2. The Kier molecular flexibility index (Phi) is 9.21. The third kappa shape index (κ3) is 11.1. The second-order valence-corrected chi connectivity index (χ2v) is 3.61. The predicted molar refractivity (Wildman–Crippen MR) is 58.6 cm³/mol. The van der Waals surface area contributed by atoms with Crippen molar-refractivity contribution in [3.8, 4) is 0 Å². The molecule has 90 valence electrons. The van der Waals surface area contributed by atoms with Crippen molar-refractivity contribution in [2.45, 2.75) is 38.6 Å². The highest BCUT2D eigenvalue weighted by Crippen LogP contribution is 1.96. The van der Waals surface area contributed by atoms with Crippen LogP contribution in [-0.2, 0) is 4.74 Å². The van der Waals surface area contributed by atoms with Gasteiger partial charge in [-0.2, -0.15) is 0 Å². The molecule has 5 nitrogen and oxygen atoms in total. The number of rotatable bonds is 8. The van der Waals surface area contributed by atoms with Crippen LogP contribution in [0, 0.1) is 0 Å². The maximum Gasteiger partial charge on any atom is 0.407 e. The molecule has 0 heterocycles. The van der Waals surface area contributed by atoms with Crippen LogP contribution in [0.15, 0.2) is 0 Å². The fourth-order valence-electron chi connectivity index (χ4n) is 1.06. The van der Waals surface area contributed by atoms with Crippen molar-refractivity contribution >= 4 is 6.09 Å². The number of aliphatic hydroxyl groups excluding tert-OH is 1. The van der Waals surface area contributed by atoms with Gasteiger partial charge in [-0.3, -0.25) is 0 Å². The van der Waals surface area contributed by atoms with Crippen LogP contribution >= 0.6 is 0 Å². The molecule has 1 amide bonds. The molecule has 0 unspecified atom stereocenters. The van der Waals surface area contributed by atoms with Gasteiger partial charge in [-0.15, -0.1) is 0 Å². The Morgan fingerprint density at radius 3 is 2.80 bits per heavy atom. The van der Waals surface area contributed by atoms with Gasteiger partial charge >= 0.3 is 6.09 Å². The van der Waals surface area contributed by atoms with Crippen LogP contribution in [-0.4, -0.2) is 37.0 Å². The summed E-state index contributed by atoms with van der Waals surface area (Å²) in [5.74, 6) is 0. The minimum absolute atomic E-state index is 0.0433. The fourth-order valence-corrected chi connectivity index (χ4v) is 1.06. The van der Waals surface area contributed by atoms with E-state index in [1.54, 1.807) is 0 Å². The molecular formula is C10H22N2O3. The fraction of sp³-hybridized carbons (Fsp3) is 0.900. The van der Waals surface area contributed by atoms with Crippen molar-refractivity contribution in [2.24, 2.45) is 5.73 Å². The Labute approximate surface area is 91.0 Å². The number of alkyl carbamates (subject to hydrolysis) is 1. The molecule has 0 spiro atoms. The summed E-state index contributed by atoms with van der Waals surface area (Å²) in [4.78, 5) is 11.0. The number of hydrogen-bond acceptors (Lipinski definition) is 4. The van der Waals surface area contributed by atoms with Crippen LogP contribution in [0.4, 0.5) is 4.79 Å². The number of hydrogen-bond donors (Lipinski definition) is 3. The smallest absolute Gasteiger partial charge is 0.407 e. The van der Waals surface area contributed by atoms with Crippen molar-refractivity contribution in [3.05, 3.63) is 0 Å². The van der Waals surface area contributed by atoms with E-state index in [0.29, 0.717) is 13.0 Å². The highest BCUT2D eigenvalue weighted by Gasteiger charge is 2.00. The number of nitrogens with one attached hydrogen (secondary N) is 1. The lowest BCUT2D eigenvalue weighted by Crippen LogP contribution is -2.26. The van der Waals surface area contributed by atoms with Gasteiger partial charge in [-0.05, 0) is 19.8 Å². The minimum Gasteiger partial charge on any atom is -0.449 e. The number of amides is 1. The summed E-state index contributed by atoms with van der Waals surface area (Å²) in [5.41, 5.74) is 5.58. The van der Waals surface area contributed by atoms with Crippen LogP contribution in [0.3, 0.4) is 0 Å². The molecule has 0 saturated carbocycles. The van der Waals surface area contributed by atoms with Crippen molar-refractivity contribution in [2.75, 3.05) is 19.8 Å². The molecular weight excluding hydrogens is 196 g/mol. The lowest BCUT2D eigenvalue weighted by atomic mass is 10.1. The van der Waals surface area contributed by atoms with E-state index in [4.69, 9.17) is 15.6 Å². The van der Waals surface area contributed by atoms with Crippen LogP contribution in [0.1, 0.15) is 32.6 Å². The Morgan fingerprint density at radius 2 is 2.20 bits per heavy atom. The first-order valence-corrected chi connectivity index (χ1v) is 5.44. The maximum atomic E-state index is 11.0. The summed E-state index contributed by atoms with van der Waals surface area (Å²) in [6, 6.07) is 0.224. The van der Waals surface area contributed by atoms with Gasteiger partial charge in [0.1, 0.15) is 0 Å². The van der Waals surface area contributed by atoms with Gasteiger partial charge in [0.2, 0.25) is 0 Å². The second-order valence-electron chi connectivity index (χ2n) is 3.61. The molecule has 0 aliphatic carbocycles. The maximum absolute atomic E-state index is 11.0. The molecule has 0 fully saturated rings. The van der Waals surface area contributed by atoms with Gasteiger partial charge in [-0.1, -0.05) is 6.42 Å². The number of ether oxygens (including phenoxy) is 1. The summed E-state index contributed by atoms with van der Waals surface area (Å²) in [6.45, 7) is 2.89. The standard InChI is InChI=1S/C10H22N2O3/c1-9(11)5-2-3-6-12-10(14)15-8-4-7-13/h9,13H,2-8,11H2,1H3,(H,12,14)/t9-/m1/s1. The van der Waals surface area contributed by atoms with E-state index in [9.17, 15) is 4.79 Å². The largest absolute Gasteiger partial charge is 0.449 e. The van der Waals surface area contributed by atoms with Crippen molar-refractivity contribution in [1.82, 2.24) is 5.32 Å². The van der Waals surface area contributed by atoms with E-state index in [-0.39, 0.29) is 19.3 Å². The Bertz CT molecular complexity index is 163. The van der Waals surface area contributed by atoms with Gasteiger partial charge in [0.15, 0.2) is 0 Å². The number of carbonyl (C=O) groups is 1. The molecule has 0 aromatic carbocycles.